The van der Waals surface area contributed by atoms with E-state index in [0.717, 1.165) is 26.1 Å². The van der Waals surface area contributed by atoms with Crippen molar-refractivity contribution in [3.63, 3.8) is 0 Å². The van der Waals surface area contributed by atoms with Crippen LogP contribution in [0.4, 0.5) is 0 Å². The number of nitrogens with zero attached hydrogens (tertiary/aromatic N) is 2. The lowest BCUT2D eigenvalue weighted by molar-refractivity contribution is 0.183. The molecule has 0 aromatic heterocycles. The van der Waals surface area contributed by atoms with Gasteiger partial charge in [0.05, 0.1) is 11.5 Å². The molecular formula is C16H26N2O2S. The van der Waals surface area contributed by atoms with Gasteiger partial charge in [-0.3, -0.25) is 4.90 Å². The summed E-state index contributed by atoms with van der Waals surface area (Å²) in [5, 5.41) is 0. The van der Waals surface area contributed by atoms with Gasteiger partial charge in [0, 0.05) is 25.7 Å². The van der Waals surface area contributed by atoms with E-state index in [9.17, 15) is 8.42 Å². The molecule has 1 aromatic rings. The smallest absolute Gasteiger partial charge is 0.151 e. The fourth-order valence-corrected chi connectivity index (χ4v) is 4.47. The van der Waals surface area contributed by atoms with E-state index in [0.29, 0.717) is 11.5 Å². The SMILES string of the molecule is Cc1ccc(CN(CCN(C)C)[C@H]2CCS(=O)(=O)C2)cc1. The van der Waals surface area contributed by atoms with E-state index in [1.807, 2.05) is 0 Å². The largest absolute Gasteiger partial charge is 0.308 e. The second-order valence-corrected chi connectivity index (χ2v) is 8.54. The molecule has 0 amide bonds. The van der Waals surface area contributed by atoms with Crippen LogP contribution in [0.3, 0.4) is 0 Å². The average molecular weight is 310 g/mol. The van der Waals surface area contributed by atoms with Gasteiger partial charge in [0.1, 0.15) is 0 Å². The summed E-state index contributed by atoms with van der Waals surface area (Å²) >= 11 is 0. The second-order valence-electron chi connectivity index (χ2n) is 6.32. The van der Waals surface area contributed by atoms with Crippen LogP contribution in [0.15, 0.2) is 24.3 Å². The van der Waals surface area contributed by atoms with Gasteiger partial charge in [-0.15, -0.1) is 0 Å². The quantitative estimate of drug-likeness (QED) is 0.799. The second kappa shape index (κ2) is 6.90. The van der Waals surface area contributed by atoms with Crippen LogP contribution in [-0.4, -0.2) is 63.0 Å². The maximum absolute atomic E-state index is 11.7. The third kappa shape index (κ3) is 5.09. The molecule has 21 heavy (non-hydrogen) atoms. The Morgan fingerprint density at radius 3 is 2.33 bits per heavy atom. The van der Waals surface area contributed by atoms with E-state index >= 15 is 0 Å². The van der Waals surface area contributed by atoms with Crippen molar-refractivity contribution < 1.29 is 8.42 Å². The molecule has 5 heteroatoms. The summed E-state index contributed by atoms with van der Waals surface area (Å²) in [6, 6.07) is 8.68. The van der Waals surface area contributed by atoms with Crippen molar-refractivity contribution in [1.82, 2.24) is 9.80 Å². The van der Waals surface area contributed by atoms with Crippen molar-refractivity contribution in [3.05, 3.63) is 35.4 Å². The van der Waals surface area contributed by atoms with Crippen molar-refractivity contribution in [2.24, 2.45) is 0 Å². The molecule has 4 nitrogen and oxygen atoms in total. The first-order chi connectivity index (χ1) is 9.85. The summed E-state index contributed by atoms with van der Waals surface area (Å²) in [5.41, 5.74) is 2.51. The van der Waals surface area contributed by atoms with Crippen molar-refractivity contribution in [2.75, 3.05) is 38.7 Å². The van der Waals surface area contributed by atoms with E-state index in [2.05, 4.69) is 55.1 Å². The van der Waals surface area contributed by atoms with Crippen molar-refractivity contribution >= 4 is 9.84 Å². The van der Waals surface area contributed by atoms with Gasteiger partial charge >= 0.3 is 0 Å². The third-order valence-electron chi connectivity index (χ3n) is 4.07. The summed E-state index contributed by atoms with van der Waals surface area (Å²) < 4.78 is 23.5. The monoisotopic (exact) mass is 310 g/mol. The Kier molecular flexibility index (Phi) is 5.41. The van der Waals surface area contributed by atoms with Gasteiger partial charge in [0.25, 0.3) is 0 Å². The molecular weight excluding hydrogens is 284 g/mol. The van der Waals surface area contributed by atoms with Crippen LogP contribution in [0.1, 0.15) is 17.5 Å². The third-order valence-corrected chi connectivity index (χ3v) is 5.82. The highest BCUT2D eigenvalue weighted by molar-refractivity contribution is 7.91. The number of hydrogen-bond acceptors (Lipinski definition) is 4. The molecule has 1 atom stereocenters. The van der Waals surface area contributed by atoms with E-state index in [-0.39, 0.29) is 6.04 Å². The summed E-state index contributed by atoms with van der Waals surface area (Å²) in [7, 11) is 1.27. The molecule has 0 N–H and O–H groups in total. The van der Waals surface area contributed by atoms with Crippen molar-refractivity contribution in [1.29, 1.82) is 0 Å². The van der Waals surface area contributed by atoms with Gasteiger partial charge in [0.2, 0.25) is 0 Å². The maximum Gasteiger partial charge on any atom is 0.151 e. The Hall–Kier alpha value is -0.910. The maximum atomic E-state index is 11.7. The highest BCUT2D eigenvalue weighted by Gasteiger charge is 2.32. The molecule has 1 heterocycles. The molecule has 1 aromatic carbocycles. The first-order valence-electron chi connectivity index (χ1n) is 7.50. The molecule has 0 unspecified atom stereocenters. The number of benzene rings is 1. The summed E-state index contributed by atoms with van der Waals surface area (Å²) in [6.07, 6.45) is 0.765. The minimum Gasteiger partial charge on any atom is -0.308 e. The lowest BCUT2D eigenvalue weighted by Gasteiger charge is -2.29. The average Bonchev–Trinajstić information content (AvgIpc) is 2.77. The van der Waals surface area contributed by atoms with Crippen LogP contribution >= 0.6 is 0 Å². The molecule has 2 rings (SSSR count). The number of hydrogen-bond donors (Lipinski definition) is 0. The number of sulfone groups is 1. The van der Waals surface area contributed by atoms with Gasteiger partial charge in [-0.05, 0) is 33.0 Å². The van der Waals surface area contributed by atoms with Crippen LogP contribution < -0.4 is 0 Å². The number of aryl methyl sites for hydroxylation is 1. The summed E-state index contributed by atoms with van der Waals surface area (Å²) in [4.78, 5) is 4.47. The molecule has 118 valence electrons. The summed E-state index contributed by atoms with van der Waals surface area (Å²) in [5.74, 6) is 0.649. The van der Waals surface area contributed by atoms with Crippen LogP contribution in [0.25, 0.3) is 0 Å². The molecule has 1 fully saturated rings. The normalized spacial score (nSPS) is 21.3. The fraction of sp³-hybridized carbons (Fsp3) is 0.625. The molecule has 1 saturated heterocycles. The molecule has 0 aliphatic carbocycles. The number of likely N-dealkylation sites (N-methyl/N-ethyl adjacent to an activating group) is 1. The van der Waals surface area contributed by atoms with Crippen LogP contribution in [0, 0.1) is 6.92 Å². The van der Waals surface area contributed by atoms with Gasteiger partial charge in [0.15, 0.2) is 9.84 Å². The van der Waals surface area contributed by atoms with Gasteiger partial charge in [-0.2, -0.15) is 0 Å². The Labute approximate surface area is 128 Å². The van der Waals surface area contributed by atoms with E-state index < -0.39 is 9.84 Å². The molecule has 0 saturated carbocycles. The molecule has 1 aliphatic heterocycles. The minimum absolute atomic E-state index is 0.163. The highest BCUT2D eigenvalue weighted by Crippen LogP contribution is 2.20. The summed E-state index contributed by atoms with van der Waals surface area (Å²) in [6.45, 7) is 4.76. The lowest BCUT2D eigenvalue weighted by Crippen LogP contribution is -2.40. The van der Waals surface area contributed by atoms with E-state index in [1.165, 1.54) is 11.1 Å². The van der Waals surface area contributed by atoms with Crippen molar-refractivity contribution in [3.8, 4) is 0 Å². The Morgan fingerprint density at radius 2 is 1.81 bits per heavy atom. The van der Waals surface area contributed by atoms with Crippen LogP contribution in [0.2, 0.25) is 0 Å². The predicted molar refractivity (Wildman–Crippen MR) is 87.2 cm³/mol. The first kappa shape index (κ1) is 16.5. The van der Waals surface area contributed by atoms with Crippen LogP contribution in [0.5, 0.6) is 0 Å². The Balaban J connectivity index is 2.06. The number of rotatable bonds is 6. The predicted octanol–water partition coefficient (Wildman–Crippen LogP) is 1.55. The zero-order valence-corrected chi connectivity index (χ0v) is 14.1. The van der Waals surface area contributed by atoms with E-state index in [4.69, 9.17) is 0 Å². The zero-order chi connectivity index (χ0) is 15.5. The standard InChI is InChI=1S/C16H26N2O2S/c1-14-4-6-15(7-5-14)12-18(10-9-17(2)3)16-8-11-21(19,20)13-16/h4-7,16H,8-13H2,1-3H3/t16-/m0/s1. The van der Waals surface area contributed by atoms with E-state index in [1.54, 1.807) is 0 Å². The topological polar surface area (TPSA) is 40.6 Å². The Morgan fingerprint density at radius 1 is 1.14 bits per heavy atom. The van der Waals surface area contributed by atoms with Crippen LogP contribution in [-0.2, 0) is 16.4 Å². The Bertz CT molecular complexity index is 552. The molecule has 0 radical (unpaired) electrons. The van der Waals surface area contributed by atoms with Gasteiger partial charge in [-0.25, -0.2) is 8.42 Å². The highest BCUT2D eigenvalue weighted by atomic mass is 32.2. The van der Waals surface area contributed by atoms with Gasteiger partial charge < -0.3 is 4.90 Å². The van der Waals surface area contributed by atoms with Crippen molar-refractivity contribution in [2.45, 2.75) is 25.9 Å². The molecule has 0 spiro atoms. The molecule has 1 aliphatic rings. The minimum atomic E-state index is -2.83. The fourth-order valence-electron chi connectivity index (χ4n) is 2.71. The van der Waals surface area contributed by atoms with Gasteiger partial charge in [-0.1, -0.05) is 29.8 Å². The molecule has 0 bridgehead atoms. The lowest BCUT2D eigenvalue weighted by atomic mass is 10.1. The zero-order valence-electron chi connectivity index (χ0n) is 13.2. The first-order valence-corrected chi connectivity index (χ1v) is 9.32.